The van der Waals surface area contributed by atoms with Crippen molar-refractivity contribution in [3.8, 4) is 5.75 Å². The lowest BCUT2D eigenvalue weighted by molar-refractivity contribution is -0.122. The lowest BCUT2D eigenvalue weighted by Crippen LogP contribution is -2.27. The van der Waals surface area contributed by atoms with Gasteiger partial charge in [-0.2, -0.15) is 0 Å². The molecule has 34 heavy (non-hydrogen) atoms. The van der Waals surface area contributed by atoms with Crippen molar-refractivity contribution in [3.05, 3.63) is 74.5 Å². The normalized spacial score (nSPS) is 14.9. The van der Waals surface area contributed by atoms with Crippen molar-refractivity contribution in [1.82, 2.24) is 14.3 Å². The number of benzene rings is 1. The highest BCUT2D eigenvalue weighted by Gasteiger charge is 2.32. The fraction of sp³-hybridized carbons (Fsp3) is 0.250. The van der Waals surface area contributed by atoms with Gasteiger partial charge in [-0.15, -0.1) is 0 Å². The number of nitrogens with one attached hydrogen (secondary N) is 1. The number of thioether (sulfide) groups is 1. The number of rotatable bonds is 8. The second-order valence-corrected chi connectivity index (χ2v) is 9.33. The molecule has 0 radical (unpaired) electrons. The molecule has 10 heteroatoms. The number of methoxy groups -OCH3 is 2. The Labute approximate surface area is 206 Å². The van der Waals surface area contributed by atoms with Gasteiger partial charge in [0.1, 0.15) is 21.5 Å². The van der Waals surface area contributed by atoms with E-state index in [9.17, 15) is 9.59 Å². The Balaban J connectivity index is 1.69. The SMILES string of the molecule is COCCNc1nc2ccc(C)cn2c(=O)c1C=C1SC(=S)N(Cc2ccc(OC)cc2)C1=O. The number of amides is 1. The monoisotopic (exact) mass is 496 g/mol. The largest absolute Gasteiger partial charge is 0.497 e. The van der Waals surface area contributed by atoms with Crippen molar-refractivity contribution in [1.29, 1.82) is 0 Å². The Morgan fingerprint density at radius 1 is 1.15 bits per heavy atom. The van der Waals surface area contributed by atoms with Crippen LogP contribution in [0.5, 0.6) is 5.75 Å². The van der Waals surface area contributed by atoms with E-state index < -0.39 is 0 Å². The second kappa shape index (κ2) is 10.4. The van der Waals surface area contributed by atoms with E-state index in [1.165, 1.54) is 21.1 Å². The Kier molecular flexibility index (Phi) is 7.30. The van der Waals surface area contributed by atoms with Gasteiger partial charge in [-0.25, -0.2) is 4.98 Å². The number of fused-ring (bicyclic) bond motifs is 1. The summed E-state index contributed by atoms with van der Waals surface area (Å²) in [6.45, 7) is 3.14. The molecule has 1 N–H and O–H groups in total. The maximum absolute atomic E-state index is 13.4. The van der Waals surface area contributed by atoms with Gasteiger partial charge in [0.2, 0.25) is 0 Å². The number of carbonyl (C=O) groups is 1. The predicted octanol–water partition coefficient (Wildman–Crippen LogP) is 3.47. The molecule has 0 spiro atoms. The lowest BCUT2D eigenvalue weighted by Gasteiger charge is -2.14. The summed E-state index contributed by atoms with van der Waals surface area (Å²) in [5, 5.41) is 3.15. The van der Waals surface area contributed by atoms with E-state index in [4.69, 9.17) is 21.7 Å². The Hall–Kier alpha value is -3.21. The number of aryl methyl sites for hydroxylation is 1. The fourth-order valence-corrected chi connectivity index (χ4v) is 4.71. The first-order valence-electron chi connectivity index (χ1n) is 10.6. The van der Waals surface area contributed by atoms with E-state index in [-0.39, 0.29) is 11.5 Å². The van der Waals surface area contributed by atoms with Crippen LogP contribution >= 0.6 is 24.0 Å². The smallest absolute Gasteiger partial charge is 0.267 e. The molecule has 8 nitrogen and oxygen atoms in total. The van der Waals surface area contributed by atoms with Gasteiger partial charge in [-0.1, -0.05) is 42.2 Å². The molecule has 3 heterocycles. The van der Waals surface area contributed by atoms with Gasteiger partial charge < -0.3 is 14.8 Å². The number of anilines is 1. The van der Waals surface area contributed by atoms with Crippen LogP contribution in [0.4, 0.5) is 5.82 Å². The summed E-state index contributed by atoms with van der Waals surface area (Å²) in [6, 6.07) is 11.1. The molecule has 1 fully saturated rings. The van der Waals surface area contributed by atoms with Gasteiger partial charge >= 0.3 is 0 Å². The zero-order chi connectivity index (χ0) is 24.2. The summed E-state index contributed by atoms with van der Waals surface area (Å²) in [5.41, 5.74) is 2.38. The van der Waals surface area contributed by atoms with E-state index in [0.29, 0.717) is 46.0 Å². The molecule has 0 bridgehead atoms. The molecule has 0 saturated carbocycles. The van der Waals surface area contributed by atoms with Crippen LogP contribution in [0, 0.1) is 6.92 Å². The number of aromatic nitrogens is 2. The number of carbonyl (C=O) groups excluding carboxylic acids is 1. The van der Waals surface area contributed by atoms with E-state index in [0.717, 1.165) is 16.9 Å². The van der Waals surface area contributed by atoms with Crippen LogP contribution in [0.25, 0.3) is 11.7 Å². The summed E-state index contributed by atoms with van der Waals surface area (Å²) >= 11 is 6.65. The molecule has 1 amide bonds. The highest BCUT2D eigenvalue weighted by molar-refractivity contribution is 8.26. The van der Waals surface area contributed by atoms with E-state index in [1.54, 1.807) is 32.6 Å². The van der Waals surface area contributed by atoms with Crippen molar-refractivity contribution in [2.24, 2.45) is 0 Å². The molecular weight excluding hydrogens is 472 g/mol. The molecule has 0 aliphatic carbocycles. The van der Waals surface area contributed by atoms with Crippen LogP contribution in [0.3, 0.4) is 0 Å². The molecule has 1 aliphatic heterocycles. The van der Waals surface area contributed by atoms with Gasteiger partial charge in [0.25, 0.3) is 11.5 Å². The highest BCUT2D eigenvalue weighted by Crippen LogP contribution is 2.34. The minimum atomic E-state index is -0.269. The maximum Gasteiger partial charge on any atom is 0.267 e. The van der Waals surface area contributed by atoms with Gasteiger partial charge in [-0.3, -0.25) is 18.9 Å². The van der Waals surface area contributed by atoms with Gasteiger partial charge in [0, 0.05) is 19.9 Å². The van der Waals surface area contributed by atoms with Crippen molar-refractivity contribution in [2.75, 3.05) is 32.7 Å². The van der Waals surface area contributed by atoms with Gasteiger partial charge in [0.15, 0.2) is 0 Å². The summed E-state index contributed by atoms with van der Waals surface area (Å²) in [6.07, 6.45) is 3.31. The van der Waals surface area contributed by atoms with Crippen molar-refractivity contribution in [2.45, 2.75) is 13.5 Å². The highest BCUT2D eigenvalue weighted by atomic mass is 32.2. The molecule has 0 atom stereocenters. The average molecular weight is 497 g/mol. The van der Waals surface area contributed by atoms with Crippen LogP contribution in [-0.4, -0.2) is 51.9 Å². The number of thiocarbonyl (C=S) groups is 1. The Bertz CT molecular complexity index is 1340. The second-order valence-electron chi connectivity index (χ2n) is 7.65. The van der Waals surface area contributed by atoms with E-state index >= 15 is 0 Å². The van der Waals surface area contributed by atoms with Crippen LogP contribution < -0.4 is 15.6 Å². The third-order valence-corrected chi connectivity index (χ3v) is 6.63. The van der Waals surface area contributed by atoms with E-state index in [2.05, 4.69) is 10.3 Å². The number of nitrogens with zero attached hydrogens (tertiary/aromatic N) is 3. The van der Waals surface area contributed by atoms with E-state index in [1.807, 2.05) is 37.3 Å². The van der Waals surface area contributed by atoms with Crippen LogP contribution in [0.2, 0.25) is 0 Å². The van der Waals surface area contributed by atoms with Crippen LogP contribution in [-0.2, 0) is 16.1 Å². The summed E-state index contributed by atoms with van der Waals surface area (Å²) in [7, 11) is 3.20. The third kappa shape index (κ3) is 4.98. The molecule has 1 aromatic carbocycles. The van der Waals surface area contributed by atoms with Crippen molar-refractivity contribution in [3.63, 3.8) is 0 Å². The van der Waals surface area contributed by atoms with Crippen LogP contribution in [0.15, 0.2) is 52.3 Å². The molecule has 0 unspecified atom stereocenters. The van der Waals surface area contributed by atoms with Gasteiger partial charge in [0.05, 0.1) is 30.7 Å². The molecular formula is C24H24N4O4S2. The fourth-order valence-electron chi connectivity index (χ4n) is 3.48. The number of ether oxygens (including phenoxy) is 2. The summed E-state index contributed by atoms with van der Waals surface area (Å²) < 4.78 is 12.2. The number of hydrogen-bond acceptors (Lipinski definition) is 8. The zero-order valence-electron chi connectivity index (χ0n) is 19.0. The summed E-state index contributed by atoms with van der Waals surface area (Å²) in [4.78, 5) is 33.1. The first kappa shape index (κ1) is 23.9. The lowest BCUT2D eigenvalue weighted by atomic mass is 10.2. The minimum absolute atomic E-state index is 0.248. The average Bonchev–Trinajstić information content (AvgIpc) is 3.10. The van der Waals surface area contributed by atoms with Crippen molar-refractivity contribution < 1.29 is 14.3 Å². The number of hydrogen-bond donors (Lipinski definition) is 1. The predicted molar refractivity (Wildman–Crippen MR) is 138 cm³/mol. The topological polar surface area (TPSA) is 85.2 Å². The summed E-state index contributed by atoms with van der Waals surface area (Å²) in [5.74, 6) is 0.885. The number of pyridine rings is 1. The third-order valence-electron chi connectivity index (χ3n) is 5.25. The van der Waals surface area contributed by atoms with Gasteiger partial charge in [-0.05, 0) is 42.3 Å². The minimum Gasteiger partial charge on any atom is -0.497 e. The molecule has 4 rings (SSSR count). The molecule has 1 aliphatic rings. The van der Waals surface area contributed by atoms with Crippen molar-refractivity contribution >= 4 is 51.7 Å². The Morgan fingerprint density at radius 3 is 2.62 bits per heavy atom. The molecule has 1 saturated heterocycles. The van der Waals surface area contributed by atoms with Crippen LogP contribution in [0.1, 0.15) is 16.7 Å². The molecule has 3 aromatic rings. The quantitative estimate of drug-likeness (QED) is 0.288. The zero-order valence-corrected chi connectivity index (χ0v) is 20.7. The molecule has 2 aromatic heterocycles. The first-order valence-corrected chi connectivity index (χ1v) is 11.8. The standard InChI is InChI=1S/C24H24N4O4S2/c1-15-4-9-20-26-21(25-10-11-31-2)18(22(29)27(20)13-15)12-19-23(30)28(24(33)34-19)14-16-5-7-17(32-3)8-6-16/h4-9,12-13,25H,10-11,14H2,1-3H3. The maximum atomic E-state index is 13.4. The Morgan fingerprint density at radius 2 is 1.91 bits per heavy atom. The first-order chi connectivity index (χ1) is 16.4. The molecule has 176 valence electrons.